The molecule has 0 heterocycles. The van der Waals surface area contributed by atoms with Crippen molar-refractivity contribution in [1.82, 2.24) is 0 Å². The van der Waals surface area contributed by atoms with Crippen molar-refractivity contribution in [2.45, 2.75) is 40.5 Å². The zero-order valence-electron chi connectivity index (χ0n) is 19.2. The van der Waals surface area contributed by atoms with E-state index in [9.17, 15) is 19.2 Å². The lowest BCUT2D eigenvalue weighted by atomic mass is 10.0. The standard InChI is InChI=1S/2C13H12Cl2O2/c2*1-3-13(17)12(8(2)16)6-9-4-10(14)7-11(15)5-9/h2*4-7H,3H2,1-2H3/b12-6+;12-6-. The number of carbonyl (C=O) groups excluding carboxylic acids is 4. The highest BCUT2D eigenvalue weighted by Crippen LogP contribution is 2.22. The molecule has 0 aliphatic carbocycles. The average molecular weight is 542 g/mol. The summed E-state index contributed by atoms with van der Waals surface area (Å²) in [6, 6.07) is 9.79. The van der Waals surface area contributed by atoms with Gasteiger partial charge < -0.3 is 0 Å². The molecule has 2 aromatic carbocycles. The van der Waals surface area contributed by atoms with E-state index in [0.717, 1.165) is 0 Å². The lowest BCUT2D eigenvalue weighted by Crippen LogP contribution is -2.08. The number of allylic oxidation sites excluding steroid dienone is 2. The third-order valence-corrected chi connectivity index (χ3v) is 5.27. The predicted octanol–water partition coefficient (Wildman–Crippen LogP) is 7.89. The molecule has 0 radical (unpaired) electrons. The Balaban J connectivity index is 0.000000340. The third-order valence-electron chi connectivity index (χ3n) is 4.39. The van der Waals surface area contributed by atoms with Crippen LogP contribution in [0.15, 0.2) is 47.5 Å². The minimum Gasteiger partial charge on any atom is -0.294 e. The van der Waals surface area contributed by atoms with Crippen LogP contribution >= 0.6 is 46.4 Å². The molecule has 0 aliphatic rings. The molecule has 0 atom stereocenters. The highest BCUT2D eigenvalue weighted by atomic mass is 35.5. The van der Waals surface area contributed by atoms with Gasteiger partial charge in [-0.1, -0.05) is 60.3 Å². The predicted molar refractivity (Wildman–Crippen MR) is 141 cm³/mol. The SMILES string of the molecule is CCC(=O)/C(=C/c1cc(Cl)cc(Cl)c1)C(C)=O.CCC(=O)/C(=C\c1cc(Cl)cc(Cl)c1)C(C)=O. The van der Waals surface area contributed by atoms with Gasteiger partial charge in [0.05, 0.1) is 11.1 Å². The summed E-state index contributed by atoms with van der Waals surface area (Å²) in [4.78, 5) is 45.9. The summed E-state index contributed by atoms with van der Waals surface area (Å²) in [5.74, 6) is -0.886. The van der Waals surface area contributed by atoms with Crippen molar-refractivity contribution < 1.29 is 19.2 Å². The van der Waals surface area contributed by atoms with Crippen LogP contribution in [0, 0.1) is 0 Å². The maximum atomic E-state index is 11.6. The van der Waals surface area contributed by atoms with Gasteiger partial charge in [0.25, 0.3) is 0 Å². The van der Waals surface area contributed by atoms with Crippen molar-refractivity contribution in [3.8, 4) is 0 Å². The first kappa shape index (κ1) is 29.8. The zero-order chi connectivity index (χ0) is 26.0. The summed E-state index contributed by atoms with van der Waals surface area (Å²) in [7, 11) is 0. The normalized spacial score (nSPS) is 11.4. The van der Waals surface area contributed by atoms with Crippen LogP contribution in [0.1, 0.15) is 51.7 Å². The Bertz CT molecular complexity index is 1030. The minimum atomic E-state index is -0.257. The first-order valence-corrected chi connectivity index (χ1v) is 11.8. The second-order valence-corrected chi connectivity index (χ2v) is 8.93. The molecule has 4 nitrogen and oxygen atoms in total. The first-order chi connectivity index (χ1) is 15.9. The van der Waals surface area contributed by atoms with E-state index in [1.54, 1.807) is 50.2 Å². The monoisotopic (exact) mass is 540 g/mol. The Kier molecular flexibility index (Phi) is 12.5. The van der Waals surface area contributed by atoms with E-state index in [1.807, 2.05) is 0 Å². The van der Waals surface area contributed by atoms with Gasteiger partial charge in [0.2, 0.25) is 0 Å². The lowest BCUT2D eigenvalue weighted by Gasteiger charge is -2.02. The second-order valence-electron chi connectivity index (χ2n) is 7.19. The Hall–Kier alpha value is -2.24. The summed E-state index contributed by atoms with van der Waals surface area (Å²) in [5, 5.41) is 1.87. The molecule has 0 spiro atoms. The van der Waals surface area contributed by atoms with Crippen molar-refractivity contribution in [1.29, 1.82) is 0 Å². The van der Waals surface area contributed by atoms with Crippen molar-refractivity contribution in [3.63, 3.8) is 0 Å². The molecule has 2 aromatic rings. The van der Waals surface area contributed by atoms with Crippen LogP contribution in [0.3, 0.4) is 0 Å². The van der Waals surface area contributed by atoms with Gasteiger partial charge in [-0.05, 0) is 73.5 Å². The summed E-state index contributed by atoms with van der Waals surface area (Å²) in [6.07, 6.45) is 3.62. The van der Waals surface area contributed by atoms with E-state index >= 15 is 0 Å². The highest BCUT2D eigenvalue weighted by molar-refractivity contribution is 6.35. The zero-order valence-corrected chi connectivity index (χ0v) is 22.2. The topological polar surface area (TPSA) is 68.3 Å². The number of hydrogen-bond donors (Lipinski definition) is 0. The van der Waals surface area contributed by atoms with Gasteiger partial charge in [0, 0.05) is 32.9 Å². The number of hydrogen-bond acceptors (Lipinski definition) is 4. The van der Waals surface area contributed by atoms with Crippen LogP contribution < -0.4 is 0 Å². The minimum absolute atomic E-state index is 0.172. The quantitative estimate of drug-likeness (QED) is 0.193. The molecule has 2 rings (SSSR count). The number of benzene rings is 2. The van der Waals surface area contributed by atoms with Gasteiger partial charge in [-0.2, -0.15) is 0 Å². The van der Waals surface area contributed by atoms with Gasteiger partial charge in [-0.15, -0.1) is 0 Å². The summed E-state index contributed by atoms with van der Waals surface area (Å²) in [5.41, 5.74) is 1.64. The smallest absolute Gasteiger partial charge is 0.166 e. The lowest BCUT2D eigenvalue weighted by molar-refractivity contribution is -0.121. The van der Waals surface area contributed by atoms with Crippen LogP contribution in [0.5, 0.6) is 0 Å². The van der Waals surface area contributed by atoms with Crippen molar-refractivity contribution in [3.05, 3.63) is 78.8 Å². The van der Waals surface area contributed by atoms with E-state index in [1.165, 1.54) is 26.0 Å². The number of carbonyl (C=O) groups is 4. The maximum Gasteiger partial charge on any atom is 0.166 e. The molecule has 34 heavy (non-hydrogen) atoms. The maximum absolute atomic E-state index is 11.6. The van der Waals surface area contributed by atoms with E-state index in [4.69, 9.17) is 46.4 Å². The molecular weight excluding hydrogens is 518 g/mol. The van der Waals surface area contributed by atoms with Gasteiger partial charge in [-0.25, -0.2) is 0 Å². The molecule has 8 heteroatoms. The molecule has 0 amide bonds. The fraction of sp³-hybridized carbons (Fsp3) is 0.231. The van der Waals surface area contributed by atoms with Gasteiger partial charge in [0.1, 0.15) is 0 Å². The molecule has 0 N–H and O–H groups in total. The molecule has 0 fully saturated rings. The van der Waals surface area contributed by atoms with Crippen LogP contribution in [-0.2, 0) is 19.2 Å². The summed E-state index contributed by atoms with van der Waals surface area (Å²) < 4.78 is 0. The Labute approximate surface area is 219 Å². The average Bonchev–Trinajstić information content (AvgIpc) is 2.73. The van der Waals surface area contributed by atoms with Crippen LogP contribution in [-0.4, -0.2) is 23.1 Å². The molecule has 0 unspecified atom stereocenters. The third kappa shape index (κ3) is 9.94. The van der Waals surface area contributed by atoms with Gasteiger partial charge in [0.15, 0.2) is 23.1 Å². The molecular formula is C26H24Cl4O4. The Morgan fingerprint density at radius 1 is 0.588 bits per heavy atom. The summed E-state index contributed by atoms with van der Waals surface area (Å²) >= 11 is 23.4. The Morgan fingerprint density at radius 2 is 0.853 bits per heavy atom. The fourth-order valence-corrected chi connectivity index (χ4v) is 3.87. The Morgan fingerprint density at radius 3 is 1.06 bits per heavy atom. The van der Waals surface area contributed by atoms with Crippen molar-refractivity contribution in [2.24, 2.45) is 0 Å². The molecule has 0 aromatic heterocycles. The van der Waals surface area contributed by atoms with E-state index in [-0.39, 0.29) is 34.3 Å². The number of rotatable bonds is 8. The first-order valence-electron chi connectivity index (χ1n) is 10.3. The summed E-state index contributed by atoms with van der Waals surface area (Å²) in [6.45, 7) is 6.16. The molecule has 180 valence electrons. The van der Waals surface area contributed by atoms with Crippen LogP contribution in [0.4, 0.5) is 0 Å². The van der Waals surface area contributed by atoms with Gasteiger partial charge >= 0.3 is 0 Å². The number of halogens is 4. The highest BCUT2D eigenvalue weighted by Gasteiger charge is 2.13. The second kappa shape index (κ2) is 14.2. The van der Waals surface area contributed by atoms with Crippen molar-refractivity contribution in [2.75, 3.05) is 0 Å². The molecule has 0 saturated heterocycles. The van der Waals surface area contributed by atoms with E-state index < -0.39 is 0 Å². The number of ketones is 4. The van der Waals surface area contributed by atoms with Crippen LogP contribution in [0.2, 0.25) is 20.1 Å². The van der Waals surface area contributed by atoms with Gasteiger partial charge in [-0.3, -0.25) is 19.2 Å². The van der Waals surface area contributed by atoms with Crippen LogP contribution in [0.25, 0.3) is 12.2 Å². The number of Topliss-reactive ketones (excluding diaryl/α,β-unsaturated/α-hetero) is 4. The molecule has 0 bridgehead atoms. The van der Waals surface area contributed by atoms with E-state index in [0.29, 0.717) is 44.1 Å². The fourth-order valence-electron chi connectivity index (χ4n) is 2.79. The molecule has 0 aliphatic heterocycles. The van der Waals surface area contributed by atoms with E-state index in [2.05, 4.69) is 0 Å². The van der Waals surface area contributed by atoms with Crippen molar-refractivity contribution >= 4 is 81.7 Å². The molecule has 0 saturated carbocycles. The largest absolute Gasteiger partial charge is 0.294 e.